The molecule has 2 amide bonds. The van der Waals surface area contributed by atoms with Crippen LogP contribution >= 0.6 is 11.6 Å². The number of rotatable bonds is 9. The molecule has 3 aromatic rings. The number of carboxylic acids is 1. The van der Waals surface area contributed by atoms with Crippen molar-refractivity contribution in [3.63, 3.8) is 0 Å². The van der Waals surface area contributed by atoms with Gasteiger partial charge in [0.15, 0.2) is 0 Å². The molecule has 1 fully saturated rings. The number of fused-ring (bicyclic) bond motifs is 1. The van der Waals surface area contributed by atoms with Gasteiger partial charge < -0.3 is 25.4 Å². The van der Waals surface area contributed by atoms with Gasteiger partial charge in [-0.05, 0) is 80.5 Å². The molecule has 1 aromatic heterocycles. The van der Waals surface area contributed by atoms with E-state index in [1.807, 2.05) is 56.3 Å². The van der Waals surface area contributed by atoms with Gasteiger partial charge in [-0.1, -0.05) is 61.0 Å². The number of likely N-dealkylation sites (N-methyl/N-ethyl adjacent to an activating group) is 1. The number of carbonyl (C=O) groups is 3. The maximum absolute atomic E-state index is 13.2. The van der Waals surface area contributed by atoms with E-state index in [-0.39, 0.29) is 17.4 Å². The minimum atomic E-state index is -0.671. The Morgan fingerprint density at radius 1 is 1.13 bits per heavy atom. The number of aliphatic carboxylic acids is 1. The van der Waals surface area contributed by atoms with Crippen LogP contribution in [0, 0.1) is 12.8 Å². The lowest BCUT2D eigenvalue weighted by Gasteiger charge is -2.17. The molecule has 0 bridgehead atoms. The number of hydrogen-bond donors (Lipinski definition) is 3. The highest BCUT2D eigenvalue weighted by Gasteiger charge is 2.23. The van der Waals surface area contributed by atoms with E-state index < -0.39 is 11.9 Å². The molecule has 2 aromatic carbocycles. The van der Waals surface area contributed by atoms with E-state index in [4.69, 9.17) is 26.4 Å². The molecule has 10 heteroatoms. The van der Waals surface area contributed by atoms with E-state index in [1.54, 1.807) is 33.4 Å². The topological polar surface area (TPSA) is 121 Å². The third-order valence-corrected chi connectivity index (χ3v) is 8.72. The Hall–Kier alpha value is -4.47. The average Bonchev–Trinajstić information content (AvgIpc) is 3.77. The number of nitrogens with zero attached hydrogens (tertiary/aromatic N) is 2. The summed E-state index contributed by atoms with van der Waals surface area (Å²) in [4.78, 5) is 42.2. The number of amides is 2. The van der Waals surface area contributed by atoms with Gasteiger partial charge in [-0.3, -0.25) is 14.4 Å². The van der Waals surface area contributed by atoms with Crippen molar-refractivity contribution in [3.05, 3.63) is 88.0 Å². The van der Waals surface area contributed by atoms with E-state index in [9.17, 15) is 14.4 Å². The van der Waals surface area contributed by atoms with Crippen molar-refractivity contribution in [2.75, 3.05) is 39.6 Å². The number of pyridine rings is 1. The molecule has 1 aliphatic heterocycles. The first-order chi connectivity index (χ1) is 22.6. The largest absolute Gasteiger partial charge is 0.481 e. The predicted octanol–water partition coefficient (Wildman–Crippen LogP) is 6.47. The molecule has 0 radical (unpaired) electrons. The van der Waals surface area contributed by atoms with Crippen molar-refractivity contribution in [3.8, 4) is 28.3 Å². The molecular weight excluding hydrogens is 616 g/mol. The maximum atomic E-state index is 13.2. The molecule has 3 N–H and O–H groups in total. The Morgan fingerprint density at radius 2 is 1.85 bits per heavy atom. The summed E-state index contributed by atoms with van der Waals surface area (Å²) in [6, 6.07) is 13.6. The van der Waals surface area contributed by atoms with Crippen molar-refractivity contribution < 1.29 is 24.2 Å². The third kappa shape index (κ3) is 8.47. The van der Waals surface area contributed by atoms with Gasteiger partial charge in [-0.2, -0.15) is 0 Å². The fourth-order valence-electron chi connectivity index (χ4n) is 5.69. The molecule has 9 nitrogen and oxygen atoms in total. The van der Waals surface area contributed by atoms with Crippen molar-refractivity contribution in [2.45, 2.75) is 46.0 Å². The zero-order chi connectivity index (χ0) is 34.1. The van der Waals surface area contributed by atoms with Crippen LogP contribution in [0.25, 0.3) is 22.4 Å². The molecule has 5 rings (SSSR count). The van der Waals surface area contributed by atoms with Gasteiger partial charge in [-0.25, -0.2) is 4.98 Å². The first-order valence-electron chi connectivity index (χ1n) is 15.9. The van der Waals surface area contributed by atoms with Crippen LogP contribution in [0.2, 0.25) is 5.02 Å². The minimum absolute atomic E-state index is 0.0613. The van der Waals surface area contributed by atoms with Gasteiger partial charge in [0.05, 0.1) is 23.7 Å². The minimum Gasteiger partial charge on any atom is -0.481 e. The van der Waals surface area contributed by atoms with Crippen LogP contribution in [-0.2, 0) is 27.2 Å². The number of anilines is 1. The Labute approximate surface area is 281 Å². The molecule has 1 aliphatic carbocycles. The van der Waals surface area contributed by atoms with E-state index in [0.29, 0.717) is 23.1 Å². The van der Waals surface area contributed by atoms with Crippen LogP contribution in [0.15, 0.2) is 66.3 Å². The smallest absolute Gasteiger partial charge is 0.307 e. The highest BCUT2D eigenvalue weighted by atomic mass is 35.5. The van der Waals surface area contributed by atoms with Gasteiger partial charge in [0.25, 0.3) is 11.8 Å². The summed E-state index contributed by atoms with van der Waals surface area (Å²) in [5.74, 6) is -0.976. The van der Waals surface area contributed by atoms with E-state index >= 15 is 0 Å². The second kappa shape index (κ2) is 16.4. The van der Waals surface area contributed by atoms with Crippen LogP contribution in [0.1, 0.15) is 42.9 Å². The number of carboxylic acid groups (broad SMARTS) is 1. The summed E-state index contributed by atoms with van der Waals surface area (Å²) in [5, 5.41) is 14.9. The number of carbonyl (C=O) groups excluding carboxylic acids is 2. The fraction of sp³-hybridized carbons (Fsp3) is 0.351. The van der Waals surface area contributed by atoms with Crippen molar-refractivity contribution in [2.24, 2.45) is 5.92 Å². The Balaban J connectivity index is 0.000000546. The first-order valence-corrected chi connectivity index (χ1v) is 16.2. The van der Waals surface area contributed by atoms with E-state index in [2.05, 4.69) is 16.7 Å². The highest BCUT2D eigenvalue weighted by molar-refractivity contribution is 6.36. The van der Waals surface area contributed by atoms with Crippen LogP contribution < -0.4 is 15.4 Å². The Morgan fingerprint density at radius 3 is 2.49 bits per heavy atom. The first kappa shape index (κ1) is 35.4. The highest BCUT2D eigenvalue weighted by Crippen LogP contribution is 2.41. The van der Waals surface area contributed by atoms with Crippen molar-refractivity contribution >= 4 is 35.1 Å². The summed E-state index contributed by atoms with van der Waals surface area (Å²) >= 11 is 7.02. The standard InChI is InChI=1S/C32H34ClN3O3.C5H9NO2/c1-6-7-8-13-26(32(38)36(3)4)30(37)34-27-18-11-14-22(20(27)2)24-16-10-17-25(29(24)33)28-19-21-12-9-15-23(21)31(35-28)39-5;7-5(8)4-1-2-6-3-4/h7-8,10-11,13-14,16-19H,6,9,12,15H2,1-5H3,(H,34,37);4,6H,1-3H2,(H,7,8)/b8-7+,26-13-;. The quantitative estimate of drug-likeness (QED) is 0.104. The molecule has 2 heterocycles. The third-order valence-electron chi connectivity index (χ3n) is 8.32. The monoisotopic (exact) mass is 658 g/mol. The average molecular weight is 659 g/mol. The summed E-state index contributed by atoms with van der Waals surface area (Å²) in [7, 11) is 4.90. The molecule has 248 valence electrons. The number of allylic oxidation sites excluding steroid dienone is 3. The Bertz CT molecular complexity index is 1690. The summed E-state index contributed by atoms with van der Waals surface area (Å²) in [6.45, 7) is 5.43. The van der Waals surface area contributed by atoms with Crippen LogP contribution in [0.5, 0.6) is 5.88 Å². The van der Waals surface area contributed by atoms with Crippen LogP contribution in [0.3, 0.4) is 0 Å². The maximum Gasteiger partial charge on any atom is 0.307 e. The second-order valence-electron chi connectivity index (χ2n) is 11.8. The number of halogens is 1. The van der Waals surface area contributed by atoms with Crippen LogP contribution in [0.4, 0.5) is 5.69 Å². The molecule has 0 saturated carbocycles. The molecule has 1 saturated heterocycles. The zero-order valence-electron chi connectivity index (χ0n) is 27.7. The number of nitrogens with one attached hydrogen (secondary N) is 2. The van der Waals surface area contributed by atoms with Gasteiger partial charge >= 0.3 is 5.97 Å². The number of aryl methyl sites for hydroxylation is 1. The molecule has 2 aliphatic rings. The van der Waals surface area contributed by atoms with Crippen LogP contribution in [-0.4, -0.2) is 67.1 Å². The SMILES string of the molecule is CC/C=C/C=C(/C(=O)Nc1cccc(-c2cccc(-c3cc4c(c(OC)n3)CCC4)c2Cl)c1C)C(=O)N(C)C.O=C(O)C1CCNC1. The fourth-order valence-corrected chi connectivity index (χ4v) is 6.02. The molecule has 1 atom stereocenters. The number of hydrogen-bond acceptors (Lipinski definition) is 6. The number of ether oxygens (including phenoxy) is 1. The summed E-state index contributed by atoms with van der Waals surface area (Å²) in [5.41, 5.74) is 7.24. The molecular formula is C37H43ClN4O5. The normalized spacial score (nSPS) is 15.5. The summed E-state index contributed by atoms with van der Waals surface area (Å²) in [6.07, 6.45) is 9.83. The van der Waals surface area contributed by atoms with E-state index in [1.165, 1.54) is 16.0 Å². The molecule has 0 spiro atoms. The molecule has 1 unspecified atom stereocenters. The van der Waals surface area contributed by atoms with E-state index in [0.717, 1.165) is 66.6 Å². The van der Waals surface area contributed by atoms with Gasteiger partial charge in [-0.15, -0.1) is 0 Å². The zero-order valence-corrected chi connectivity index (χ0v) is 28.4. The van der Waals surface area contributed by atoms with Crippen molar-refractivity contribution in [1.82, 2.24) is 15.2 Å². The number of methoxy groups -OCH3 is 1. The van der Waals surface area contributed by atoms with Crippen molar-refractivity contribution in [1.29, 1.82) is 0 Å². The number of benzene rings is 2. The lowest BCUT2D eigenvalue weighted by molar-refractivity contribution is -0.141. The summed E-state index contributed by atoms with van der Waals surface area (Å²) < 4.78 is 5.60. The lowest BCUT2D eigenvalue weighted by Crippen LogP contribution is -2.30. The predicted molar refractivity (Wildman–Crippen MR) is 187 cm³/mol. The Kier molecular flexibility index (Phi) is 12.3. The second-order valence-corrected chi connectivity index (χ2v) is 12.1. The lowest BCUT2D eigenvalue weighted by atomic mass is 9.96. The van der Waals surface area contributed by atoms with Gasteiger partial charge in [0.2, 0.25) is 5.88 Å². The number of aromatic nitrogens is 1. The molecule has 47 heavy (non-hydrogen) atoms. The van der Waals surface area contributed by atoms with Gasteiger partial charge in [0, 0.05) is 43.0 Å². The van der Waals surface area contributed by atoms with Gasteiger partial charge in [0.1, 0.15) is 5.57 Å².